The summed E-state index contributed by atoms with van der Waals surface area (Å²) >= 11 is 0. The molecule has 0 aliphatic rings. The predicted molar refractivity (Wildman–Crippen MR) is 66.6 cm³/mol. The van der Waals surface area contributed by atoms with Crippen LogP contribution in [0, 0.1) is 5.92 Å². The summed E-state index contributed by atoms with van der Waals surface area (Å²) < 4.78 is 0. The van der Waals surface area contributed by atoms with E-state index in [2.05, 4.69) is 5.32 Å². The number of rotatable bonds is 11. The molecule has 4 nitrogen and oxygen atoms in total. The fourth-order valence-electron chi connectivity index (χ4n) is 1.49. The number of hydrogen-bond acceptors (Lipinski definition) is 3. The van der Waals surface area contributed by atoms with E-state index in [4.69, 9.17) is 0 Å². The Morgan fingerprint density at radius 3 is 2.59 bits per heavy atom. The van der Waals surface area contributed by atoms with Crippen LogP contribution in [0.5, 0.6) is 0 Å². The summed E-state index contributed by atoms with van der Waals surface area (Å²) in [6.07, 6.45) is 7.24. The monoisotopic (exact) mass is 241 g/mol. The molecule has 0 aliphatic heterocycles. The minimum Gasteiger partial charge on any atom is -0.356 e. The molecule has 0 spiro atoms. The Morgan fingerprint density at radius 2 is 1.94 bits per heavy atom. The van der Waals surface area contributed by atoms with Gasteiger partial charge in [0.25, 0.3) is 0 Å². The first kappa shape index (κ1) is 15.8. The van der Waals surface area contributed by atoms with Crippen molar-refractivity contribution in [1.29, 1.82) is 0 Å². The lowest BCUT2D eigenvalue weighted by molar-refractivity contribution is -0.121. The molecule has 1 atom stereocenters. The minimum absolute atomic E-state index is 0.0647. The van der Waals surface area contributed by atoms with Gasteiger partial charge in [0.15, 0.2) is 0 Å². The van der Waals surface area contributed by atoms with Crippen molar-refractivity contribution < 1.29 is 14.4 Å². The van der Waals surface area contributed by atoms with Crippen molar-refractivity contribution in [3.63, 3.8) is 0 Å². The standard InChI is InChI=1S/C13H23NO3/c1-12(11-16)7-3-4-8-13(17)14-9-5-2-6-10-15/h10-12H,2-9H2,1H3,(H,14,17). The fourth-order valence-corrected chi connectivity index (χ4v) is 1.49. The van der Waals surface area contributed by atoms with E-state index in [1.165, 1.54) is 0 Å². The summed E-state index contributed by atoms with van der Waals surface area (Å²) in [6.45, 7) is 2.54. The van der Waals surface area contributed by atoms with Gasteiger partial charge >= 0.3 is 0 Å². The first-order valence-electron chi connectivity index (χ1n) is 6.36. The van der Waals surface area contributed by atoms with Crippen molar-refractivity contribution in [1.82, 2.24) is 5.32 Å². The van der Waals surface area contributed by atoms with Crippen LogP contribution in [0.3, 0.4) is 0 Å². The highest BCUT2D eigenvalue weighted by atomic mass is 16.1. The molecule has 0 heterocycles. The summed E-state index contributed by atoms with van der Waals surface area (Å²) in [7, 11) is 0. The lowest BCUT2D eigenvalue weighted by atomic mass is 10.0. The lowest BCUT2D eigenvalue weighted by Crippen LogP contribution is -2.24. The van der Waals surface area contributed by atoms with E-state index in [1.807, 2.05) is 6.92 Å². The molecule has 0 saturated carbocycles. The summed E-state index contributed by atoms with van der Waals surface area (Å²) in [5.41, 5.74) is 0. The van der Waals surface area contributed by atoms with Crippen molar-refractivity contribution in [2.45, 2.75) is 51.9 Å². The normalized spacial score (nSPS) is 11.8. The molecule has 1 N–H and O–H groups in total. The van der Waals surface area contributed by atoms with E-state index < -0.39 is 0 Å². The van der Waals surface area contributed by atoms with Gasteiger partial charge in [-0.15, -0.1) is 0 Å². The third-order valence-corrected chi connectivity index (χ3v) is 2.62. The van der Waals surface area contributed by atoms with Crippen LogP contribution in [0.4, 0.5) is 0 Å². The Hall–Kier alpha value is -1.19. The van der Waals surface area contributed by atoms with Crippen LogP contribution in [0.1, 0.15) is 51.9 Å². The van der Waals surface area contributed by atoms with Crippen molar-refractivity contribution in [2.75, 3.05) is 6.54 Å². The molecule has 1 amide bonds. The molecule has 1 unspecified atom stereocenters. The number of unbranched alkanes of at least 4 members (excludes halogenated alkanes) is 3. The van der Waals surface area contributed by atoms with Crippen molar-refractivity contribution in [3.05, 3.63) is 0 Å². The average Bonchev–Trinajstić information content (AvgIpc) is 2.34. The quantitative estimate of drug-likeness (QED) is 0.443. The lowest BCUT2D eigenvalue weighted by Gasteiger charge is -2.05. The predicted octanol–water partition coefficient (Wildman–Crippen LogP) is 1.87. The first-order valence-corrected chi connectivity index (χ1v) is 6.36. The van der Waals surface area contributed by atoms with Gasteiger partial charge in [0.2, 0.25) is 5.91 Å². The van der Waals surface area contributed by atoms with Gasteiger partial charge in [0, 0.05) is 25.3 Å². The Labute approximate surface area is 103 Å². The summed E-state index contributed by atoms with van der Waals surface area (Å²) in [5.74, 6) is 0.163. The van der Waals surface area contributed by atoms with Gasteiger partial charge in [0.1, 0.15) is 12.6 Å². The number of amides is 1. The van der Waals surface area contributed by atoms with E-state index in [0.29, 0.717) is 19.4 Å². The zero-order chi connectivity index (χ0) is 12.9. The number of hydrogen-bond donors (Lipinski definition) is 1. The molecule has 0 aromatic carbocycles. The van der Waals surface area contributed by atoms with Crippen LogP contribution >= 0.6 is 0 Å². The molecule has 0 rings (SSSR count). The SMILES string of the molecule is CC(C=O)CCCCC(=O)NCCCCC=O. The third-order valence-electron chi connectivity index (χ3n) is 2.62. The van der Waals surface area contributed by atoms with Gasteiger partial charge in [-0.3, -0.25) is 4.79 Å². The smallest absolute Gasteiger partial charge is 0.219 e. The Bertz CT molecular complexity index is 229. The summed E-state index contributed by atoms with van der Waals surface area (Å²) in [6, 6.07) is 0. The molecule has 4 heteroatoms. The van der Waals surface area contributed by atoms with Gasteiger partial charge < -0.3 is 14.9 Å². The molecule has 98 valence electrons. The zero-order valence-electron chi connectivity index (χ0n) is 10.6. The van der Waals surface area contributed by atoms with Crippen molar-refractivity contribution in [2.24, 2.45) is 5.92 Å². The molecule has 17 heavy (non-hydrogen) atoms. The van der Waals surface area contributed by atoms with E-state index in [9.17, 15) is 14.4 Å². The highest BCUT2D eigenvalue weighted by Gasteiger charge is 2.02. The molecule has 0 aliphatic carbocycles. The van der Waals surface area contributed by atoms with Crippen LogP contribution < -0.4 is 5.32 Å². The molecule has 0 saturated heterocycles. The highest BCUT2D eigenvalue weighted by Crippen LogP contribution is 2.06. The molecule has 0 aromatic rings. The van der Waals surface area contributed by atoms with E-state index in [0.717, 1.165) is 44.7 Å². The van der Waals surface area contributed by atoms with Crippen LogP contribution in [0.2, 0.25) is 0 Å². The van der Waals surface area contributed by atoms with Crippen molar-refractivity contribution >= 4 is 18.5 Å². The number of aldehydes is 2. The fraction of sp³-hybridized carbons (Fsp3) is 0.769. The van der Waals surface area contributed by atoms with Crippen LogP contribution in [-0.2, 0) is 14.4 Å². The zero-order valence-corrected chi connectivity index (χ0v) is 10.6. The largest absolute Gasteiger partial charge is 0.356 e. The maximum absolute atomic E-state index is 11.3. The average molecular weight is 241 g/mol. The molecule has 0 aromatic heterocycles. The minimum atomic E-state index is 0.0647. The number of carbonyl (C=O) groups is 3. The first-order chi connectivity index (χ1) is 8.20. The van der Waals surface area contributed by atoms with Gasteiger partial charge in [0.05, 0.1) is 0 Å². The highest BCUT2D eigenvalue weighted by molar-refractivity contribution is 5.75. The second-order valence-electron chi connectivity index (χ2n) is 4.37. The Kier molecular flexibility index (Phi) is 10.5. The molecule has 0 radical (unpaired) electrons. The summed E-state index contributed by atoms with van der Waals surface area (Å²) in [4.78, 5) is 31.7. The summed E-state index contributed by atoms with van der Waals surface area (Å²) in [5, 5.41) is 2.82. The maximum atomic E-state index is 11.3. The van der Waals surface area contributed by atoms with Gasteiger partial charge in [-0.25, -0.2) is 0 Å². The molecule has 0 bridgehead atoms. The van der Waals surface area contributed by atoms with Gasteiger partial charge in [-0.05, 0) is 25.7 Å². The van der Waals surface area contributed by atoms with Crippen LogP contribution in [0.15, 0.2) is 0 Å². The van der Waals surface area contributed by atoms with Gasteiger partial charge in [-0.1, -0.05) is 13.3 Å². The van der Waals surface area contributed by atoms with E-state index in [1.54, 1.807) is 0 Å². The maximum Gasteiger partial charge on any atom is 0.219 e. The Morgan fingerprint density at radius 1 is 1.18 bits per heavy atom. The Balaban J connectivity index is 3.28. The number of nitrogens with one attached hydrogen (secondary N) is 1. The topological polar surface area (TPSA) is 63.2 Å². The van der Waals surface area contributed by atoms with E-state index >= 15 is 0 Å². The molecule has 0 fully saturated rings. The van der Waals surface area contributed by atoms with Gasteiger partial charge in [-0.2, -0.15) is 0 Å². The third kappa shape index (κ3) is 11.1. The van der Waals surface area contributed by atoms with Crippen LogP contribution in [-0.4, -0.2) is 25.0 Å². The molecular formula is C13H23NO3. The second-order valence-corrected chi connectivity index (χ2v) is 4.37. The second kappa shape index (κ2) is 11.3. The van der Waals surface area contributed by atoms with Crippen LogP contribution in [0.25, 0.3) is 0 Å². The van der Waals surface area contributed by atoms with E-state index in [-0.39, 0.29) is 11.8 Å². The molecular weight excluding hydrogens is 218 g/mol. The van der Waals surface area contributed by atoms with Crippen molar-refractivity contribution in [3.8, 4) is 0 Å². The number of carbonyl (C=O) groups excluding carboxylic acids is 3.